The number of carboxylic acid groups (broad SMARTS) is 1. The van der Waals surface area contributed by atoms with E-state index in [4.69, 9.17) is 0 Å². The normalized spacial score (nSPS) is 33.5. The van der Waals surface area contributed by atoms with Gasteiger partial charge in [0.2, 0.25) is 11.8 Å². The highest BCUT2D eigenvalue weighted by Gasteiger charge is 2.53. The van der Waals surface area contributed by atoms with Gasteiger partial charge < -0.3 is 15.3 Å². The van der Waals surface area contributed by atoms with E-state index < -0.39 is 11.9 Å². The van der Waals surface area contributed by atoms with Crippen LogP contribution in [0.4, 0.5) is 0 Å². The molecule has 22 heavy (non-hydrogen) atoms. The maximum atomic E-state index is 12.4. The maximum Gasteiger partial charge on any atom is 0.307 e. The Bertz CT molecular complexity index is 479. The summed E-state index contributed by atoms with van der Waals surface area (Å²) in [6.07, 6.45) is 5.11. The lowest BCUT2D eigenvalue weighted by Gasteiger charge is -2.27. The first kappa shape index (κ1) is 15.3. The number of fused-ring (bicyclic) bond motifs is 2. The van der Waals surface area contributed by atoms with E-state index in [1.165, 1.54) is 0 Å². The molecule has 0 spiro atoms. The van der Waals surface area contributed by atoms with Gasteiger partial charge in [-0.05, 0) is 43.9 Å². The molecule has 6 nitrogen and oxygen atoms in total. The van der Waals surface area contributed by atoms with Crippen LogP contribution in [-0.2, 0) is 14.4 Å². The lowest BCUT2D eigenvalue weighted by Crippen LogP contribution is -2.42. The van der Waals surface area contributed by atoms with E-state index in [1.807, 2.05) is 4.90 Å². The minimum Gasteiger partial charge on any atom is -0.481 e. The Morgan fingerprint density at radius 2 is 1.95 bits per heavy atom. The number of carboxylic acids is 1. The third kappa shape index (κ3) is 2.83. The number of nitrogens with zero attached hydrogens (tertiary/aromatic N) is 1. The van der Waals surface area contributed by atoms with Crippen molar-refractivity contribution in [2.24, 2.45) is 23.7 Å². The third-order valence-corrected chi connectivity index (χ3v) is 5.58. The van der Waals surface area contributed by atoms with Crippen LogP contribution in [-0.4, -0.2) is 47.4 Å². The molecule has 0 unspecified atom stereocenters. The van der Waals surface area contributed by atoms with E-state index in [0.717, 1.165) is 38.6 Å². The minimum absolute atomic E-state index is 0.104. The second-order valence-corrected chi connectivity index (χ2v) is 6.85. The molecule has 2 saturated carbocycles. The number of carbonyl (C=O) groups is 3. The first-order chi connectivity index (χ1) is 10.6. The average Bonchev–Trinajstić information content (AvgIpc) is 3.18. The largest absolute Gasteiger partial charge is 0.481 e. The predicted molar refractivity (Wildman–Crippen MR) is 78.9 cm³/mol. The fourth-order valence-electron chi connectivity index (χ4n) is 4.56. The first-order valence-corrected chi connectivity index (χ1v) is 8.36. The van der Waals surface area contributed by atoms with Gasteiger partial charge in [0.05, 0.1) is 11.8 Å². The number of likely N-dealkylation sites (tertiary alicyclic amines) is 1. The second-order valence-electron chi connectivity index (χ2n) is 6.85. The van der Waals surface area contributed by atoms with Crippen molar-refractivity contribution >= 4 is 17.8 Å². The van der Waals surface area contributed by atoms with Gasteiger partial charge in [0.15, 0.2) is 0 Å². The second kappa shape index (κ2) is 6.26. The average molecular weight is 308 g/mol. The van der Waals surface area contributed by atoms with E-state index in [0.29, 0.717) is 19.5 Å². The van der Waals surface area contributed by atoms with Crippen molar-refractivity contribution in [1.82, 2.24) is 10.2 Å². The molecular weight excluding hydrogens is 284 g/mol. The summed E-state index contributed by atoms with van der Waals surface area (Å²) < 4.78 is 0. The molecule has 2 aliphatic carbocycles. The number of hydrogen-bond acceptors (Lipinski definition) is 3. The molecule has 0 aromatic heterocycles. The van der Waals surface area contributed by atoms with Gasteiger partial charge >= 0.3 is 5.97 Å². The molecular formula is C16H24N2O4. The molecule has 2 amide bonds. The Hall–Kier alpha value is -1.59. The van der Waals surface area contributed by atoms with Gasteiger partial charge in [-0.3, -0.25) is 14.4 Å². The van der Waals surface area contributed by atoms with Crippen molar-refractivity contribution in [2.45, 2.75) is 38.5 Å². The number of nitrogens with one attached hydrogen (secondary N) is 1. The summed E-state index contributed by atoms with van der Waals surface area (Å²) in [5.41, 5.74) is 0. The summed E-state index contributed by atoms with van der Waals surface area (Å²) in [4.78, 5) is 37.1. The zero-order valence-electron chi connectivity index (χ0n) is 12.8. The molecule has 4 atom stereocenters. The summed E-state index contributed by atoms with van der Waals surface area (Å²) in [7, 11) is 0. The van der Waals surface area contributed by atoms with Crippen molar-refractivity contribution in [1.29, 1.82) is 0 Å². The lowest BCUT2D eigenvalue weighted by atomic mass is 9.78. The van der Waals surface area contributed by atoms with Crippen LogP contribution in [0, 0.1) is 23.7 Å². The molecule has 0 radical (unpaired) electrons. The number of hydrogen-bond donors (Lipinski definition) is 2. The molecule has 2 N–H and O–H groups in total. The van der Waals surface area contributed by atoms with Crippen molar-refractivity contribution in [3.8, 4) is 0 Å². The summed E-state index contributed by atoms with van der Waals surface area (Å²) in [6.45, 7) is 2.02. The van der Waals surface area contributed by atoms with Crippen LogP contribution in [0.2, 0.25) is 0 Å². The zero-order valence-corrected chi connectivity index (χ0v) is 12.8. The Balaban J connectivity index is 1.45. The highest BCUT2D eigenvalue weighted by Crippen LogP contribution is 2.52. The fraction of sp³-hybridized carbons (Fsp3) is 0.812. The molecule has 6 heteroatoms. The maximum absolute atomic E-state index is 12.4. The molecule has 0 aromatic carbocycles. The number of amides is 2. The standard InChI is InChI=1S/C16H24N2O4/c19-12-3-1-7-18(12)8-2-6-17-15(20)13-10-4-5-11(9-10)14(13)16(21)22/h10-11,13-14H,1-9H2,(H,17,20)(H,21,22)/t10-,11-,13-,14-/m0/s1. The van der Waals surface area contributed by atoms with Crippen LogP contribution in [0.1, 0.15) is 38.5 Å². The molecule has 3 fully saturated rings. The van der Waals surface area contributed by atoms with Crippen LogP contribution in [0.25, 0.3) is 0 Å². The van der Waals surface area contributed by atoms with Gasteiger partial charge in [0.1, 0.15) is 0 Å². The molecule has 3 aliphatic rings. The Labute approximate surface area is 130 Å². The van der Waals surface area contributed by atoms with Crippen molar-refractivity contribution in [2.75, 3.05) is 19.6 Å². The van der Waals surface area contributed by atoms with Gasteiger partial charge in [0, 0.05) is 26.1 Å². The van der Waals surface area contributed by atoms with E-state index in [1.54, 1.807) is 0 Å². The van der Waals surface area contributed by atoms with Gasteiger partial charge in [-0.15, -0.1) is 0 Å². The van der Waals surface area contributed by atoms with Crippen LogP contribution >= 0.6 is 0 Å². The molecule has 1 heterocycles. The van der Waals surface area contributed by atoms with Crippen molar-refractivity contribution in [3.05, 3.63) is 0 Å². The fourth-order valence-corrected chi connectivity index (χ4v) is 4.56. The molecule has 1 saturated heterocycles. The van der Waals surface area contributed by atoms with Crippen molar-refractivity contribution < 1.29 is 19.5 Å². The van der Waals surface area contributed by atoms with Crippen LogP contribution in [0.5, 0.6) is 0 Å². The topological polar surface area (TPSA) is 86.7 Å². The summed E-state index contributed by atoms with van der Waals surface area (Å²) in [6, 6.07) is 0. The minimum atomic E-state index is -0.824. The van der Waals surface area contributed by atoms with Crippen LogP contribution in [0.15, 0.2) is 0 Å². The van der Waals surface area contributed by atoms with Crippen molar-refractivity contribution in [3.63, 3.8) is 0 Å². The Morgan fingerprint density at radius 1 is 1.23 bits per heavy atom. The number of rotatable bonds is 6. The van der Waals surface area contributed by atoms with Gasteiger partial charge in [0.25, 0.3) is 0 Å². The van der Waals surface area contributed by atoms with Gasteiger partial charge in [-0.25, -0.2) is 0 Å². The van der Waals surface area contributed by atoms with Crippen LogP contribution < -0.4 is 5.32 Å². The Kier molecular flexibility index (Phi) is 4.36. The summed E-state index contributed by atoms with van der Waals surface area (Å²) >= 11 is 0. The smallest absolute Gasteiger partial charge is 0.307 e. The molecule has 2 bridgehead atoms. The summed E-state index contributed by atoms with van der Waals surface area (Å²) in [5, 5.41) is 12.3. The van der Waals surface area contributed by atoms with E-state index in [9.17, 15) is 19.5 Å². The molecule has 122 valence electrons. The number of aliphatic carboxylic acids is 1. The molecule has 1 aliphatic heterocycles. The van der Waals surface area contributed by atoms with E-state index >= 15 is 0 Å². The van der Waals surface area contributed by atoms with Gasteiger partial charge in [-0.2, -0.15) is 0 Å². The Morgan fingerprint density at radius 3 is 2.59 bits per heavy atom. The molecule has 0 aromatic rings. The van der Waals surface area contributed by atoms with Crippen LogP contribution in [0.3, 0.4) is 0 Å². The highest BCUT2D eigenvalue weighted by molar-refractivity contribution is 5.86. The first-order valence-electron chi connectivity index (χ1n) is 8.36. The lowest BCUT2D eigenvalue weighted by molar-refractivity contribution is -0.149. The van der Waals surface area contributed by atoms with E-state index in [-0.39, 0.29) is 29.6 Å². The highest BCUT2D eigenvalue weighted by atomic mass is 16.4. The van der Waals surface area contributed by atoms with E-state index in [2.05, 4.69) is 5.32 Å². The predicted octanol–water partition coefficient (Wildman–Crippen LogP) is 0.862. The quantitative estimate of drug-likeness (QED) is 0.713. The molecule has 3 rings (SSSR count). The third-order valence-electron chi connectivity index (χ3n) is 5.58. The monoisotopic (exact) mass is 308 g/mol. The summed E-state index contributed by atoms with van der Waals surface area (Å²) in [5.74, 6) is -1.16. The SMILES string of the molecule is O=C(O)[C@H]1[C@H]2CC[C@@H](C2)[C@@H]1C(=O)NCCCN1CCCC1=O. The van der Waals surface area contributed by atoms with Gasteiger partial charge in [-0.1, -0.05) is 0 Å². The zero-order chi connectivity index (χ0) is 15.7. The number of carbonyl (C=O) groups excluding carboxylic acids is 2.